The van der Waals surface area contributed by atoms with Gasteiger partial charge < -0.3 is 10.6 Å². The molecule has 8 heteroatoms. The fourth-order valence-electron chi connectivity index (χ4n) is 1.69. The number of benzene rings is 1. The van der Waals surface area contributed by atoms with Crippen molar-refractivity contribution >= 4 is 52.0 Å². The molecule has 21 heavy (non-hydrogen) atoms. The number of anilines is 1. The molecule has 6 nitrogen and oxygen atoms in total. The second-order valence-electron chi connectivity index (χ2n) is 4.48. The summed E-state index contributed by atoms with van der Waals surface area (Å²) in [5.74, 6) is -0.388. The van der Waals surface area contributed by atoms with Crippen molar-refractivity contribution in [1.29, 1.82) is 0 Å². The normalized spacial score (nSPS) is 16.5. The Morgan fingerprint density at radius 1 is 1.38 bits per heavy atom. The Hall–Kier alpha value is -2.06. The van der Waals surface area contributed by atoms with Crippen LogP contribution in [0.3, 0.4) is 0 Å². The van der Waals surface area contributed by atoms with Crippen LogP contribution in [0.4, 0.5) is 10.5 Å². The molecule has 1 fully saturated rings. The number of nitrogens with two attached hydrogens (primary N) is 1. The van der Waals surface area contributed by atoms with Gasteiger partial charge in [-0.25, -0.2) is 10.2 Å². The van der Waals surface area contributed by atoms with Gasteiger partial charge in [-0.1, -0.05) is 23.9 Å². The second-order valence-corrected chi connectivity index (χ2v) is 6.15. The molecule has 2 rings (SSSR count). The first-order valence-electron chi connectivity index (χ1n) is 6.00. The number of rotatable bonds is 3. The Balaban J connectivity index is 2.20. The van der Waals surface area contributed by atoms with E-state index >= 15 is 0 Å². The van der Waals surface area contributed by atoms with Gasteiger partial charge in [0.15, 0.2) is 4.32 Å². The van der Waals surface area contributed by atoms with Crippen molar-refractivity contribution < 1.29 is 9.59 Å². The zero-order valence-electron chi connectivity index (χ0n) is 11.5. The summed E-state index contributed by atoms with van der Waals surface area (Å²) < 4.78 is 0.245. The number of urea groups is 1. The van der Waals surface area contributed by atoms with Gasteiger partial charge in [-0.3, -0.25) is 4.79 Å². The largest absolute Gasteiger partial charge is 0.378 e. The number of hydrogen-bond acceptors (Lipinski definition) is 5. The van der Waals surface area contributed by atoms with Crippen LogP contribution >= 0.6 is 24.0 Å². The lowest BCUT2D eigenvalue weighted by Gasteiger charge is -2.13. The van der Waals surface area contributed by atoms with E-state index in [4.69, 9.17) is 18.0 Å². The van der Waals surface area contributed by atoms with Crippen molar-refractivity contribution in [2.75, 3.05) is 19.0 Å². The van der Waals surface area contributed by atoms with Crippen molar-refractivity contribution in [2.24, 2.45) is 5.73 Å². The molecule has 0 radical (unpaired) electrons. The van der Waals surface area contributed by atoms with E-state index in [0.29, 0.717) is 4.91 Å². The first kappa shape index (κ1) is 15.3. The number of primary amides is 1. The van der Waals surface area contributed by atoms with E-state index in [1.807, 2.05) is 43.3 Å². The molecule has 0 spiro atoms. The van der Waals surface area contributed by atoms with Gasteiger partial charge in [0.05, 0.1) is 4.91 Å². The lowest BCUT2D eigenvalue weighted by atomic mass is 10.2. The summed E-state index contributed by atoms with van der Waals surface area (Å²) in [6.45, 7) is 0. The summed E-state index contributed by atoms with van der Waals surface area (Å²) in [6.07, 6.45) is 1.72. The highest BCUT2D eigenvalue weighted by atomic mass is 32.2. The average Bonchev–Trinajstić information content (AvgIpc) is 2.67. The third-order valence-corrected chi connectivity index (χ3v) is 4.03. The van der Waals surface area contributed by atoms with Crippen molar-refractivity contribution in [3.05, 3.63) is 34.7 Å². The number of hydrogen-bond donors (Lipinski definition) is 2. The first-order chi connectivity index (χ1) is 9.88. The lowest BCUT2D eigenvalue weighted by Crippen LogP contribution is -2.47. The van der Waals surface area contributed by atoms with Crippen LogP contribution in [0.1, 0.15) is 5.56 Å². The molecule has 0 aliphatic carbocycles. The number of amides is 3. The number of nitrogens with one attached hydrogen (secondary N) is 1. The topological polar surface area (TPSA) is 78.7 Å². The van der Waals surface area contributed by atoms with Gasteiger partial charge in [0, 0.05) is 19.8 Å². The van der Waals surface area contributed by atoms with Crippen LogP contribution in [-0.2, 0) is 4.79 Å². The second kappa shape index (κ2) is 6.15. The van der Waals surface area contributed by atoms with E-state index in [2.05, 4.69) is 5.43 Å². The van der Waals surface area contributed by atoms with Crippen molar-refractivity contribution in [3.8, 4) is 0 Å². The molecule has 0 saturated carbocycles. The fourth-order valence-corrected chi connectivity index (χ4v) is 2.87. The molecule has 0 bridgehead atoms. The highest BCUT2D eigenvalue weighted by Crippen LogP contribution is 2.31. The van der Waals surface area contributed by atoms with Crippen LogP contribution in [-0.4, -0.2) is 35.4 Å². The molecule has 3 N–H and O–H groups in total. The van der Waals surface area contributed by atoms with Crippen molar-refractivity contribution in [2.45, 2.75) is 0 Å². The predicted molar refractivity (Wildman–Crippen MR) is 88.5 cm³/mol. The molecular weight excluding hydrogens is 308 g/mol. The molecule has 1 aromatic rings. The number of thioether (sulfide) groups is 1. The average molecular weight is 322 g/mol. The summed E-state index contributed by atoms with van der Waals surface area (Å²) in [6, 6.07) is 6.89. The Labute approximate surface area is 131 Å². The minimum absolute atomic E-state index is 0.245. The first-order valence-corrected chi connectivity index (χ1v) is 7.22. The Morgan fingerprint density at radius 3 is 2.52 bits per heavy atom. The quantitative estimate of drug-likeness (QED) is 0.652. The summed E-state index contributed by atoms with van der Waals surface area (Å²) in [5, 5.41) is 0.975. The van der Waals surface area contributed by atoms with Crippen LogP contribution in [0.5, 0.6) is 0 Å². The van der Waals surface area contributed by atoms with E-state index in [1.54, 1.807) is 6.08 Å². The van der Waals surface area contributed by atoms with Gasteiger partial charge in [0.25, 0.3) is 5.91 Å². The molecule has 3 amide bonds. The highest BCUT2D eigenvalue weighted by molar-refractivity contribution is 8.26. The number of hydrazine groups is 1. The van der Waals surface area contributed by atoms with E-state index in [-0.39, 0.29) is 10.2 Å². The molecule has 1 heterocycles. The van der Waals surface area contributed by atoms with E-state index in [0.717, 1.165) is 28.0 Å². The molecular formula is C13H14N4O2S2. The molecule has 1 aliphatic heterocycles. The summed E-state index contributed by atoms with van der Waals surface area (Å²) >= 11 is 6.15. The molecule has 1 aliphatic rings. The van der Waals surface area contributed by atoms with Crippen molar-refractivity contribution in [1.82, 2.24) is 10.4 Å². The molecule has 1 aromatic carbocycles. The fraction of sp³-hybridized carbons (Fsp3) is 0.154. The maximum absolute atomic E-state index is 12.1. The van der Waals surface area contributed by atoms with E-state index in [9.17, 15) is 9.59 Å². The van der Waals surface area contributed by atoms with Crippen LogP contribution in [0.15, 0.2) is 29.2 Å². The van der Waals surface area contributed by atoms with Crippen LogP contribution < -0.4 is 16.1 Å². The SMILES string of the molecule is CN(C)c1ccc(/C=C2/SC(=S)N(NC(N)=O)C2=O)cc1. The van der Waals surface area contributed by atoms with Gasteiger partial charge in [-0.15, -0.1) is 0 Å². The van der Waals surface area contributed by atoms with Gasteiger partial charge in [-0.2, -0.15) is 5.01 Å². The zero-order chi connectivity index (χ0) is 15.6. The monoisotopic (exact) mass is 322 g/mol. The van der Waals surface area contributed by atoms with Gasteiger partial charge in [0.1, 0.15) is 0 Å². The molecule has 0 atom stereocenters. The molecule has 1 saturated heterocycles. The Kier molecular flexibility index (Phi) is 4.49. The van der Waals surface area contributed by atoms with E-state index < -0.39 is 6.03 Å². The minimum atomic E-state index is -0.831. The zero-order valence-corrected chi connectivity index (χ0v) is 13.1. The number of carbonyl (C=O) groups excluding carboxylic acids is 2. The number of thiocarbonyl (C=S) groups is 1. The summed E-state index contributed by atoms with van der Waals surface area (Å²) in [7, 11) is 3.91. The predicted octanol–water partition coefficient (Wildman–Crippen LogP) is 1.54. The van der Waals surface area contributed by atoms with Crippen LogP contribution in [0.25, 0.3) is 6.08 Å². The number of carbonyl (C=O) groups is 2. The Bertz CT molecular complexity index is 626. The third-order valence-electron chi connectivity index (χ3n) is 2.72. The number of nitrogens with zero attached hydrogens (tertiary/aromatic N) is 2. The summed E-state index contributed by atoms with van der Waals surface area (Å²) in [5.41, 5.74) is 9.14. The van der Waals surface area contributed by atoms with Gasteiger partial charge in [0.2, 0.25) is 0 Å². The summed E-state index contributed by atoms with van der Waals surface area (Å²) in [4.78, 5) is 25.4. The molecule has 110 valence electrons. The molecule has 0 aromatic heterocycles. The Morgan fingerprint density at radius 2 is 2.00 bits per heavy atom. The maximum Gasteiger partial charge on any atom is 0.331 e. The minimum Gasteiger partial charge on any atom is -0.378 e. The lowest BCUT2D eigenvalue weighted by molar-refractivity contribution is -0.123. The van der Waals surface area contributed by atoms with Crippen LogP contribution in [0.2, 0.25) is 0 Å². The van der Waals surface area contributed by atoms with Crippen molar-refractivity contribution in [3.63, 3.8) is 0 Å². The molecule has 0 unspecified atom stereocenters. The maximum atomic E-state index is 12.1. The smallest absolute Gasteiger partial charge is 0.331 e. The van der Waals surface area contributed by atoms with Gasteiger partial charge >= 0.3 is 6.03 Å². The highest BCUT2D eigenvalue weighted by Gasteiger charge is 2.33. The standard InChI is InChI=1S/C13H14N4O2S2/c1-16(2)9-5-3-8(4-6-9)7-10-11(18)17(13(20)21-10)15-12(14)19/h3-7H,1-2H3,(H3,14,15,19)/b10-7+. The van der Waals surface area contributed by atoms with Crippen LogP contribution in [0, 0.1) is 0 Å². The van der Waals surface area contributed by atoms with E-state index in [1.165, 1.54) is 0 Å². The van der Waals surface area contributed by atoms with Gasteiger partial charge in [-0.05, 0) is 36.0 Å². The third kappa shape index (κ3) is 3.53.